The number of fused-ring (bicyclic) bond motifs is 3. The lowest BCUT2D eigenvalue weighted by Gasteiger charge is -2.29. The van der Waals surface area contributed by atoms with Gasteiger partial charge in [-0.05, 0) is 37.1 Å². The fraction of sp³-hybridized carbons (Fsp3) is 0.412. The molecule has 3 aliphatic rings. The van der Waals surface area contributed by atoms with Crippen molar-refractivity contribution in [3.63, 3.8) is 0 Å². The molecule has 5 heteroatoms. The molecule has 1 aromatic rings. The normalized spacial score (nSPS) is 33.5. The topological polar surface area (TPSA) is 39.3 Å². The highest BCUT2D eigenvalue weighted by Gasteiger charge is 2.37. The first-order valence-electron chi connectivity index (χ1n) is 7.89. The van der Waals surface area contributed by atoms with Crippen LogP contribution < -0.4 is 21.1 Å². The van der Waals surface area contributed by atoms with E-state index in [1.807, 2.05) is 6.07 Å². The molecule has 2 heterocycles. The summed E-state index contributed by atoms with van der Waals surface area (Å²) in [6, 6.07) is 6.54. The zero-order valence-corrected chi connectivity index (χ0v) is 13.3. The molecule has 0 bridgehead atoms. The minimum Gasteiger partial charge on any atom is -0.337 e. The molecule has 0 radical (unpaired) electrons. The van der Waals surface area contributed by atoms with Crippen LogP contribution in [0.2, 0.25) is 5.02 Å². The minimum atomic E-state index is 0.253. The van der Waals surface area contributed by atoms with Crippen molar-refractivity contribution in [1.82, 2.24) is 16.2 Å². The monoisotopic (exact) mass is 316 g/mol. The third-order valence-corrected chi connectivity index (χ3v) is 5.02. The lowest BCUT2D eigenvalue weighted by atomic mass is 9.87. The molecule has 4 atom stereocenters. The molecule has 2 aliphatic heterocycles. The van der Waals surface area contributed by atoms with Crippen LogP contribution in [0.3, 0.4) is 0 Å². The van der Waals surface area contributed by atoms with Crippen LogP contribution in [0.25, 0.3) is 0 Å². The molecule has 1 fully saturated rings. The van der Waals surface area contributed by atoms with Gasteiger partial charge in [-0.1, -0.05) is 35.9 Å². The van der Waals surface area contributed by atoms with Crippen molar-refractivity contribution in [2.24, 2.45) is 5.92 Å². The SMILES string of the molecule is CC1NNC2CNC(C3C=CC=CC3)c3cc(Cl)ccc3N12. The predicted octanol–water partition coefficient (Wildman–Crippen LogP) is 2.70. The summed E-state index contributed by atoms with van der Waals surface area (Å²) < 4.78 is 0. The Balaban J connectivity index is 1.78. The molecular weight excluding hydrogens is 296 g/mol. The summed E-state index contributed by atoms with van der Waals surface area (Å²) in [5.74, 6) is 0.463. The maximum absolute atomic E-state index is 6.30. The average Bonchev–Trinajstić information content (AvgIpc) is 2.82. The fourth-order valence-electron chi connectivity index (χ4n) is 3.74. The molecule has 22 heavy (non-hydrogen) atoms. The molecule has 3 N–H and O–H groups in total. The van der Waals surface area contributed by atoms with Gasteiger partial charge in [-0.3, -0.25) is 0 Å². The number of allylic oxidation sites excluding steroid dienone is 3. The van der Waals surface area contributed by atoms with Crippen molar-refractivity contribution >= 4 is 17.3 Å². The summed E-state index contributed by atoms with van der Waals surface area (Å²) in [7, 11) is 0. The number of halogens is 1. The highest BCUT2D eigenvalue weighted by atomic mass is 35.5. The van der Waals surface area contributed by atoms with Crippen LogP contribution in [0.4, 0.5) is 5.69 Å². The maximum Gasteiger partial charge on any atom is 0.106 e. The van der Waals surface area contributed by atoms with E-state index in [0.29, 0.717) is 5.92 Å². The summed E-state index contributed by atoms with van der Waals surface area (Å²) in [6.45, 7) is 3.07. The van der Waals surface area contributed by atoms with Gasteiger partial charge in [0.25, 0.3) is 0 Å². The van der Waals surface area contributed by atoms with Gasteiger partial charge >= 0.3 is 0 Å². The predicted molar refractivity (Wildman–Crippen MR) is 90.6 cm³/mol. The van der Waals surface area contributed by atoms with Gasteiger partial charge in [0.2, 0.25) is 0 Å². The Morgan fingerprint density at radius 2 is 2.14 bits per heavy atom. The van der Waals surface area contributed by atoms with E-state index >= 15 is 0 Å². The molecule has 1 aliphatic carbocycles. The summed E-state index contributed by atoms with van der Waals surface area (Å²) in [4.78, 5) is 2.40. The lowest BCUT2D eigenvalue weighted by Crippen LogP contribution is -2.44. The quantitative estimate of drug-likeness (QED) is 0.745. The average molecular weight is 317 g/mol. The third kappa shape index (κ3) is 2.36. The van der Waals surface area contributed by atoms with Gasteiger partial charge < -0.3 is 10.2 Å². The number of hydrogen-bond acceptors (Lipinski definition) is 4. The zero-order chi connectivity index (χ0) is 15.1. The second kappa shape index (κ2) is 5.70. The molecule has 0 aromatic heterocycles. The number of benzene rings is 1. The number of nitrogens with one attached hydrogen (secondary N) is 3. The van der Waals surface area contributed by atoms with E-state index in [9.17, 15) is 0 Å². The van der Waals surface area contributed by atoms with Crippen LogP contribution in [-0.2, 0) is 0 Å². The third-order valence-electron chi connectivity index (χ3n) is 4.79. The first-order chi connectivity index (χ1) is 10.7. The highest BCUT2D eigenvalue weighted by molar-refractivity contribution is 6.30. The number of hydrogen-bond donors (Lipinski definition) is 3. The Bertz CT molecular complexity index is 627. The minimum absolute atomic E-state index is 0.253. The molecule has 4 unspecified atom stereocenters. The van der Waals surface area contributed by atoms with E-state index in [1.54, 1.807) is 0 Å². The fourth-order valence-corrected chi connectivity index (χ4v) is 3.92. The zero-order valence-electron chi connectivity index (χ0n) is 12.6. The van der Waals surface area contributed by atoms with Crippen molar-refractivity contribution in [2.75, 3.05) is 11.4 Å². The second-order valence-corrected chi connectivity index (χ2v) is 6.63. The van der Waals surface area contributed by atoms with Crippen LogP contribution in [0.1, 0.15) is 24.9 Å². The maximum atomic E-state index is 6.30. The standard InChI is InChI=1S/C17H21ClN4/c1-11-20-21-16-10-19-17(12-5-3-2-4-6-12)14-9-13(18)7-8-15(14)22(11)16/h2-5,7-9,11-12,16-17,19-21H,6,10H2,1H3. The summed E-state index contributed by atoms with van der Waals surface area (Å²) in [5, 5.41) is 4.54. The number of anilines is 1. The Morgan fingerprint density at radius 3 is 2.95 bits per heavy atom. The summed E-state index contributed by atoms with van der Waals surface area (Å²) in [5.41, 5.74) is 9.24. The Hall–Kier alpha value is -1.33. The molecule has 0 saturated carbocycles. The Kier molecular flexibility index (Phi) is 3.70. The number of nitrogens with zero attached hydrogens (tertiary/aromatic N) is 1. The Morgan fingerprint density at radius 1 is 1.23 bits per heavy atom. The van der Waals surface area contributed by atoms with E-state index in [1.165, 1.54) is 11.3 Å². The molecule has 1 aromatic carbocycles. The van der Waals surface area contributed by atoms with Crippen molar-refractivity contribution in [1.29, 1.82) is 0 Å². The van der Waals surface area contributed by atoms with Crippen LogP contribution in [0.15, 0.2) is 42.5 Å². The highest BCUT2D eigenvalue weighted by Crippen LogP contribution is 2.39. The molecule has 4 nitrogen and oxygen atoms in total. The molecule has 0 amide bonds. The van der Waals surface area contributed by atoms with E-state index in [-0.39, 0.29) is 18.4 Å². The van der Waals surface area contributed by atoms with Crippen LogP contribution in [-0.4, -0.2) is 18.9 Å². The van der Waals surface area contributed by atoms with Crippen molar-refractivity contribution < 1.29 is 0 Å². The van der Waals surface area contributed by atoms with Gasteiger partial charge in [0.15, 0.2) is 0 Å². The number of hydrazine groups is 1. The molecular formula is C17H21ClN4. The van der Waals surface area contributed by atoms with Gasteiger partial charge in [0.1, 0.15) is 6.17 Å². The lowest BCUT2D eigenvalue weighted by molar-refractivity contribution is 0.402. The Labute approximate surface area is 136 Å². The van der Waals surface area contributed by atoms with E-state index in [0.717, 1.165) is 18.0 Å². The summed E-state index contributed by atoms with van der Waals surface area (Å²) in [6.07, 6.45) is 10.4. The first kappa shape index (κ1) is 14.3. The van der Waals surface area contributed by atoms with Crippen LogP contribution in [0.5, 0.6) is 0 Å². The molecule has 0 spiro atoms. The summed E-state index contributed by atoms with van der Waals surface area (Å²) >= 11 is 6.30. The van der Waals surface area contributed by atoms with Crippen molar-refractivity contribution in [2.45, 2.75) is 31.7 Å². The van der Waals surface area contributed by atoms with Gasteiger partial charge in [-0.15, -0.1) is 0 Å². The van der Waals surface area contributed by atoms with Gasteiger partial charge in [-0.2, -0.15) is 0 Å². The van der Waals surface area contributed by atoms with Gasteiger partial charge in [0.05, 0.1) is 6.17 Å². The van der Waals surface area contributed by atoms with E-state index in [2.05, 4.69) is 64.4 Å². The second-order valence-electron chi connectivity index (χ2n) is 6.19. The molecule has 116 valence electrons. The number of rotatable bonds is 1. The van der Waals surface area contributed by atoms with Gasteiger partial charge in [-0.25, -0.2) is 10.9 Å². The molecule has 4 rings (SSSR count). The van der Waals surface area contributed by atoms with Crippen molar-refractivity contribution in [3.05, 3.63) is 53.1 Å². The van der Waals surface area contributed by atoms with Crippen LogP contribution >= 0.6 is 11.6 Å². The van der Waals surface area contributed by atoms with Gasteiger partial charge in [0, 0.05) is 29.2 Å². The molecule has 1 saturated heterocycles. The smallest absolute Gasteiger partial charge is 0.106 e. The largest absolute Gasteiger partial charge is 0.337 e. The first-order valence-corrected chi connectivity index (χ1v) is 8.27. The van der Waals surface area contributed by atoms with Crippen molar-refractivity contribution in [3.8, 4) is 0 Å². The van der Waals surface area contributed by atoms with E-state index < -0.39 is 0 Å². The van der Waals surface area contributed by atoms with Crippen LogP contribution in [0, 0.1) is 5.92 Å². The van der Waals surface area contributed by atoms with E-state index in [4.69, 9.17) is 11.6 Å².